The maximum atomic E-state index is 12.5. The molecule has 3 amide bonds. The summed E-state index contributed by atoms with van der Waals surface area (Å²) in [6.45, 7) is 1.53. The highest BCUT2D eigenvalue weighted by Crippen LogP contribution is 2.22. The van der Waals surface area contributed by atoms with Gasteiger partial charge in [0, 0.05) is 55.7 Å². The molecule has 4 rings (SSSR count). The van der Waals surface area contributed by atoms with Crippen LogP contribution in [0.25, 0.3) is 0 Å². The van der Waals surface area contributed by atoms with Gasteiger partial charge in [-0.3, -0.25) is 14.8 Å². The molecule has 0 radical (unpaired) electrons. The fourth-order valence-electron chi connectivity index (χ4n) is 3.06. The van der Waals surface area contributed by atoms with E-state index < -0.39 is 0 Å². The van der Waals surface area contributed by atoms with Crippen LogP contribution in [0.15, 0.2) is 67.3 Å². The smallest absolute Gasteiger partial charge is 0.322 e. The number of carbonyl (C=O) groups excluding carboxylic acids is 2. The summed E-state index contributed by atoms with van der Waals surface area (Å²) in [7, 11) is 0. The summed E-state index contributed by atoms with van der Waals surface area (Å²) in [4.78, 5) is 34.6. The van der Waals surface area contributed by atoms with E-state index in [0.717, 1.165) is 16.7 Å². The van der Waals surface area contributed by atoms with Crippen LogP contribution in [0.2, 0.25) is 0 Å². The van der Waals surface area contributed by atoms with Gasteiger partial charge in [-0.25, -0.2) is 4.79 Å². The Kier molecular flexibility index (Phi) is 4.97. The monoisotopic (exact) mass is 373 g/mol. The van der Waals surface area contributed by atoms with Gasteiger partial charge >= 0.3 is 6.03 Å². The zero-order valence-electron chi connectivity index (χ0n) is 15.1. The predicted octanol–water partition coefficient (Wildman–Crippen LogP) is 2.95. The predicted molar refractivity (Wildman–Crippen MR) is 104 cm³/mol. The van der Waals surface area contributed by atoms with Crippen molar-refractivity contribution in [3.8, 4) is 0 Å². The lowest BCUT2D eigenvalue weighted by Gasteiger charge is -2.16. The first-order valence-electron chi connectivity index (χ1n) is 8.94. The van der Waals surface area contributed by atoms with Crippen LogP contribution >= 0.6 is 0 Å². The summed E-state index contributed by atoms with van der Waals surface area (Å²) in [6, 6.07) is 12.3. The summed E-state index contributed by atoms with van der Waals surface area (Å²) < 4.78 is 0. The van der Waals surface area contributed by atoms with E-state index in [0.29, 0.717) is 30.9 Å². The number of fused-ring (bicyclic) bond motifs is 1. The summed E-state index contributed by atoms with van der Waals surface area (Å²) in [5, 5.41) is 5.72. The Hall–Kier alpha value is -3.74. The van der Waals surface area contributed by atoms with Crippen molar-refractivity contribution >= 4 is 17.6 Å². The molecule has 1 aliphatic rings. The molecule has 0 aliphatic carbocycles. The van der Waals surface area contributed by atoms with E-state index >= 15 is 0 Å². The molecule has 28 heavy (non-hydrogen) atoms. The van der Waals surface area contributed by atoms with Gasteiger partial charge in [-0.05, 0) is 53.1 Å². The van der Waals surface area contributed by atoms with Gasteiger partial charge in [0.2, 0.25) is 0 Å². The lowest BCUT2D eigenvalue weighted by atomic mass is 10.2. The van der Waals surface area contributed by atoms with Crippen LogP contribution < -0.4 is 10.6 Å². The summed E-state index contributed by atoms with van der Waals surface area (Å²) in [5.41, 5.74) is 4.29. The van der Waals surface area contributed by atoms with Crippen molar-refractivity contribution in [1.29, 1.82) is 0 Å². The van der Waals surface area contributed by atoms with Crippen LogP contribution in [-0.2, 0) is 19.6 Å². The summed E-state index contributed by atoms with van der Waals surface area (Å²) in [5.74, 6) is -0.177. The molecule has 2 N–H and O–H groups in total. The molecule has 7 heteroatoms. The van der Waals surface area contributed by atoms with Gasteiger partial charge in [0.15, 0.2) is 0 Å². The second kappa shape index (κ2) is 7.87. The fraction of sp³-hybridized carbons (Fsp3) is 0.143. The van der Waals surface area contributed by atoms with Crippen LogP contribution in [0.3, 0.4) is 0 Å². The number of pyridine rings is 2. The average Bonchev–Trinajstić information content (AvgIpc) is 3.18. The van der Waals surface area contributed by atoms with Crippen LogP contribution in [-0.4, -0.2) is 26.8 Å². The number of nitrogens with one attached hydrogen (secondary N) is 2. The first kappa shape index (κ1) is 17.7. The Morgan fingerprint density at radius 3 is 2.46 bits per heavy atom. The molecule has 1 aromatic carbocycles. The topological polar surface area (TPSA) is 87.2 Å². The Labute approximate surface area is 162 Å². The third-order valence-electron chi connectivity index (χ3n) is 4.59. The van der Waals surface area contributed by atoms with E-state index in [1.165, 1.54) is 0 Å². The van der Waals surface area contributed by atoms with Crippen molar-refractivity contribution in [3.63, 3.8) is 0 Å². The van der Waals surface area contributed by atoms with Crippen molar-refractivity contribution in [2.24, 2.45) is 0 Å². The molecule has 0 saturated carbocycles. The van der Waals surface area contributed by atoms with Crippen molar-refractivity contribution in [2.45, 2.75) is 19.6 Å². The van der Waals surface area contributed by atoms with E-state index in [9.17, 15) is 9.59 Å². The fourth-order valence-corrected chi connectivity index (χ4v) is 3.06. The van der Waals surface area contributed by atoms with E-state index in [-0.39, 0.29) is 11.9 Å². The van der Waals surface area contributed by atoms with Crippen LogP contribution in [0.1, 0.15) is 27.0 Å². The zero-order chi connectivity index (χ0) is 19.3. The maximum absolute atomic E-state index is 12.5. The van der Waals surface area contributed by atoms with E-state index in [4.69, 9.17) is 0 Å². The molecule has 0 atom stereocenters. The number of carbonyl (C=O) groups is 2. The third kappa shape index (κ3) is 3.98. The van der Waals surface area contributed by atoms with Gasteiger partial charge in [-0.2, -0.15) is 0 Å². The SMILES string of the molecule is O=C(NCc1cccnc1)c1ccc(NC(=O)N2Cc3ccncc3C2)cc1. The number of amides is 3. The minimum Gasteiger partial charge on any atom is -0.348 e. The lowest BCUT2D eigenvalue weighted by Crippen LogP contribution is -2.30. The number of aromatic nitrogens is 2. The number of anilines is 1. The summed E-state index contributed by atoms with van der Waals surface area (Å²) in [6.07, 6.45) is 6.93. The Balaban J connectivity index is 1.32. The highest BCUT2D eigenvalue weighted by atomic mass is 16.2. The lowest BCUT2D eigenvalue weighted by molar-refractivity contribution is 0.0951. The Morgan fingerprint density at radius 1 is 0.929 bits per heavy atom. The quantitative estimate of drug-likeness (QED) is 0.736. The zero-order valence-corrected chi connectivity index (χ0v) is 15.1. The highest BCUT2D eigenvalue weighted by molar-refractivity contribution is 5.95. The molecule has 3 aromatic rings. The van der Waals surface area contributed by atoms with E-state index in [1.807, 2.05) is 18.2 Å². The first-order chi connectivity index (χ1) is 13.7. The number of urea groups is 1. The van der Waals surface area contributed by atoms with Gasteiger partial charge in [0.25, 0.3) is 5.91 Å². The first-order valence-corrected chi connectivity index (χ1v) is 8.94. The Bertz CT molecular complexity index is 964. The summed E-state index contributed by atoms with van der Waals surface area (Å²) >= 11 is 0. The van der Waals surface area contributed by atoms with Crippen molar-refractivity contribution in [3.05, 3.63) is 89.5 Å². The molecule has 140 valence electrons. The molecule has 0 spiro atoms. The van der Waals surface area contributed by atoms with E-state index in [2.05, 4.69) is 20.6 Å². The molecule has 0 bridgehead atoms. The number of hydrogen-bond donors (Lipinski definition) is 2. The molecule has 0 fully saturated rings. The highest BCUT2D eigenvalue weighted by Gasteiger charge is 2.23. The van der Waals surface area contributed by atoms with Gasteiger partial charge in [-0.1, -0.05) is 6.07 Å². The molecule has 1 aliphatic heterocycles. The Morgan fingerprint density at radius 2 is 1.71 bits per heavy atom. The van der Waals surface area contributed by atoms with Crippen LogP contribution in [0, 0.1) is 0 Å². The van der Waals surface area contributed by atoms with Gasteiger partial charge in [0.1, 0.15) is 0 Å². The van der Waals surface area contributed by atoms with Crippen LogP contribution in [0.4, 0.5) is 10.5 Å². The number of nitrogens with zero attached hydrogens (tertiary/aromatic N) is 3. The number of benzene rings is 1. The molecule has 0 unspecified atom stereocenters. The van der Waals surface area contributed by atoms with Gasteiger partial charge < -0.3 is 15.5 Å². The van der Waals surface area contributed by atoms with Crippen molar-refractivity contribution < 1.29 is 9.59 Å². The minimum absolute atomic E-state index is 0.176. The standard InChI is InChI=1S/C21H19N5O2/c27-20(24-11-15-2-1-8-22-10-15)16-3-5-19(6-4-16)25-21(28)26-13-17-7-9-23-12-18(17)14-26/h1-10,12H,11,13-14H2,(H,24,27)(H,25,28). The van der Waals surface area contributed by atoms with Crippen molar-refractivity contribution in [1.82, 2.24) is 20.2 Å². The van der Waals surface area contributed by atoms with E-state index in [1.54, 1.807) is 54.0 Å². The van der Waals surface area contributed by atoms with Gasteiger partial charge in [0.05, 0.1) is 0 Å². The second-order valence-corrected chi connectivity index (χ2v) is 6.55. The number of rotatable bonds is 4. The third-order valence-corrected chi connectivity index (χ3v) is 4.59. The molecular weight excluding hydrogens is 354 g/mol. The molecule has 0 saturated heterocycles. The van der Waals surface area contributed by atoms with Crippen LogP contribution in [0.5, 0.6) is 0 Å². The normalized spacial score (nSPS) is 12.4. The maximum Gasteiger partial charge on any atom is 0.322 e. The van der Waals surface area contributed by atoms with Crippen molar-refractivity contribution in [2.75, 3.05) is 5.32 Å². The number of hydrogen-bond acceptors (Lipinski definition) is 4. The minimum atomic E-state index is -0.177. The second-order valence-electron chi connectivity index (χ2n) is 6.55. The van der Waals surface area contributed by atoms with Gasteiger partial charge in [-0.15, -0.1) is 0 Å². The molecule has 3 heterocycles. The molecule has 2 aromatic heterocycles. The average molecular weight is 373 g/mol. The largest absolute Gasteiger partial charge is 0.348 e. The molecular formula is C21H19N5O2. The molecule has 7 nitrogen and oxygen atoms in total.